The first kappa shape index (κ1) is 22.3. The predicted octanol–water partition coefficient (Wildman–Crippen LogP) is 1.85. The molecule has 0 radical (unpaired) electrons. The molecule has 0 spiro atoms. The van der Waals surface area contributed by atoms with Gasteiger partial charge >= 0.3 is 5.97 Å². The quantitative estimate of drug-likeness (QED) is 0.633. The van der Waals surface area contributed by atoms with Crippen molar-refractivity contribution in [2.75, 3.05) is 38.2 Å². The van der Waals surface area contributed by atoms with Crippen molar-refractivity contribution in [3.05, 3.63) is 48.3 Å². The van der Waals surface area contributed by atoms with Gasteiger partial charge in [-0.2, -0.15) is 5.10 Å². The zero-order chi connectivity index (χ0) is 22.3. The average Bonchev–Trinajstić information content (AvgIpc) is 3.52. The number of esters is 1. The summed E-state index contributed by atoms with van der Waals surface area (Å²) < 4.78 is 6.80. The number of rotatable bonds is 8. The maximum atomic E-state index is 12.7. The summed E-state index contributed by atoms with van der Waals surface area (Å²) >= 11 is 0. The van der Waals surface area contributed by atoms with Crippen LogP contribution in [0.1, 0.15) is 31.2 Å². The lowest BCUT2D eigenvalue weighted by molar-refractivity contribution is -0.150. The molecule has 2 aromatic rings. The number of nitrogens with one attached hydrogen (secondary N) is 1. The van der Waals surface area contributed by atoms with E-state index in [0.717, 1.165) is 51.0 Å². The molecule has 8 heteroatoms. The normalized spacial score (nSPS) is 19.3. The minimum Gasteiger partial charge on any atom is -0.467 e. The van der Waals surface area contributed by atoms with Crippen LogP contribution in [0.4, 0.5) is 5.69 Å². The Morgan fingerprint density at radius 1 is 1.12 bits per heavy atom. The van der Waals surface area contributed by atoms with Crippen molar-refractivity contribution in [1.29, 1.82) is 0 Å². The Balaban J connectivity index is 1.22. The molecule has 2 aliphatic heterocycles. The lowest BCUT2D eigenvalue weighted by Crippen LogP contribution is -2.43. The lowest BCUT2D eigenvalue weighted by Gasteiger charge is -2.34. The lowest BCUT2D eigenvalue weighted by atomic mass is 10.0. The Morgan fingerprint density at radius 2 is 1.91 bits per heavy atom. The highest BCUT2D eigenvalue weighted by molar-refractivity contribution is 5.86. The molecule has 172 valence electrons. The summed E-state index contributed by atoms with van der Waals surface area (Å²) in [6, 6.07) is 10.3. The third-order valence-electron chi connectivity index (χ3n) is 6.53. The van der Waals surface area contributed by atoms with Gasteiger partial charge in [0.05, 0.1) is 20.1 Å². The van der Waals surface area contributed by atoms with Crippen LogP contribution in [0, 0.1) is 0 Å². The van der Waals surface area contributed by atoms with Crippen LogP contribution in [0.15, 0.2) is 42.7 Å². The van der Waals surface area contributed by atoms with Gasteiger partial charge in [0, 0.05) is 50.3 Å². The second-order valence-corrected chi connectivity index (χ2v) is 8.60. The zero-order valence-electron chi connectivity index (χ0n) is 18.8. The van der Waals surface area contributed by atoms with Crippen molar-refractivity contribution < 1.29 is 14.3 Å². The third kappa shape index (κ3) is 5.48. The summed E-state index contributed by atoms with van der Waals surface area (Å²) in [7, 11) is 1.38. The number of hydrogen-bond acceptors (Lipinski definition) is 6. The Labute approximate surface area is 189 Å². The smallest absolute Gasteiger partial charge is 0.328 e. The first-order valence-electron chi connectivity index (χ1n) is 11.6. The number of hydrogen-bond donors (Lipinski definition) is 1. The number of carbonyl (C=O) groups excluding carboxylic acids is 2. The molecular weight excluding hydrogens is 406 g/mol. The highest BCUT2D eigenvalue weighted by Gasteiger charge is 2.34. The monoisotopic (exact) mass is 439 g/mol. The third-order valence-corrected chi connectivity index (χ3v) is 6.53. The van der Waals surface area contributed by atoms with E-state index in [1.165, 1.54) is 12.8 Å². The van der Waals surface area contributed by atoms with Crippen LogP contribution in [-0.4, -0.2) is 71.9 Å². The van der Waals surface area contributed by atoms with Gasteiger partial charge in [0.25, 0.3) is 0 Å². The van der Waals surface area contributed by atoms with E-state index >= 15 is 0 Å². The van der Waals surface area contributed by atoms with Gasteiger partial charge in [0.1, 0.15) is 6.04 Å². The summed E-state index contributed by atoms with van der Waals surface area (Å²) in [6.45, 7) is 4.49. The highest BCUT2D eigenvalue weighted by Crippen LogP contribution is 2.23. The van der Waals surface area contributed by atoms with Gasteiger partial charge < -0.3 is 19.9 Å². The Morgan fingerprint density at radius 3 is 2.59 bits per heavy atom. The molecule has 1 N–H and O–H groups in total. The van der Waals surface area contributed by atoms with Gasteiger partial charge in [-0.1, -0.05) is 12.1 Å². The highest BCUT2D eigenvalue weighted by atomic mass is 16.5. The molecule has 32 heavy (non-hydrogen) atoms. The second kappa shape index (κ2) is 10.6. The molecule has 1 amide bonds. The van der Waals surface area contributed by atoms with Gasteiger partial charge in [-0.15, -0.1) is 0 Å². The fourth-order valence-corrected chi connectivity index (χ4v) is 4.70. The maximum Gasteiger partial charge on any atom is 0.328 e. The topological polar surface area (TPSA) is 79.7 Å². The largest absolute Gasteiger partial charge is 0.467 e. The van der Waals surface area contributed by atoms with Gasteiger partial charge in [-0.25, -0.2) is 4.79 Å². The number of methoxy groups -OCH3 is 1. The number of anilines is 1. The molecule has 2 fully saturated rings. The number of benzene rings is 1. The molecule has 2 saturated heterocycles. The summed E-state index contributed by atoms with van der Waals surface area (Å²) in [5.41, 5.74) is 2.18. The Kier molecular flexibility index (Phi) is 7.42. The SMILES string of the molecule is COC(=O)[C@@H]1CCCN1C(=O)Cc1ccc(N2CCC(NCCn3cccn3)CC2)cc1. The van der Waals surface area contributed by atoms with E-state index in [0.29, 0.717) is 25.4 Å². The Hall–Kier alpha value is -2.87. The molecule has 1 aromatic carbocycles. The van der Waals surface area contributed by atoms with Crippen LogP contribution in [0.25, 0.3) is 0 Å². The van der Waals surface area contributed by atoms with Gasteiger partial charge in [-0.05, 0) is 49.4 Å². The molecule has 8 nitrogen and oxygen atoms in total. The van der Waals surface area contributed by atoms with Crippen molar-refractivity contribution in [3.8, 4) is 0 Å². The summed E-state index contributed by atoms with van der Waals surface area (Å²) in [6.07, 6.45) is 7.88. The van der Waals surface area contributed by atoms with E-state index in [2.05, 4.69) is 27.4 Å². The zero-order valence-corrected chi connectivity index (χ0v) is 18.8. The van der Waals surface area contributed by atoms with Crippen LogP contribution in [0.5, 0.6) is 0 Å². The predicted molar refractivity (Wildman–Crippen MR) is 122 cm³/mol. The summed E-state index contributed by atoms with van der Waals surface area (Å²) in [5.74, 6) is -0.321. The van der Waals surface area contributed by atoms with E-state index < -0.39 is 6.04 Å². The molecule has 1 aromatic heterocycles. The van der Waals surface area contributed by atoms with E-state index in [-0.39, 0.29) is 11.9 Å². The van der Waals surface area contributed by atoms with Crippen molar-refractivity contribution in [3.63, 3.8) is 0 Å². The van der Waals surface area contributed by atoms with E-state index in [4.69, 9.17) is 4.74 Å². The molecule has 3 heterocycles. The number of nitrogens with zero attached hydrogens (tertiary/aromatic N) is 4. The number of piperidine rings is 1. The minimum absolute atomic E-state index is 0.00681. The van der Waals surface area contributed by atoms with Crippen LogP contribution in [-0.2, 0) is 27.3 Å². The first-order chi connectivity index (χ1) is 15.6. The number of amides is 1. The number of likely N-dealkylation sites (tertiary alicyclic amines) is 1. The molecule has 0 saturated carbocycles. The van der Waals surface area contributed by atoms with Crippen LogP contribution < -0.4 is 10.2 Å². The van der Waals surface area contributed by atoms with Crippen molar-refractivity contribution in [2.45, 2.75) is 50.7 Å². The Bertz CT molecular complexity index is 876. The molecule has 2 aliphatic rings. The van der Waals surface area contributed by atoms with Crippen LogP contribution in [0.3, 0.4) is 0 Å². The second-order valence-electron chi connectivity index (χ2n) is 8.60. The molecule has 0 bridgehead atoms. The molecule has 0 aliphatic carbocycles. The molecule has 0 unspecified atom stereocenters. The summed E-state index contributed by atoms with van der Waals surface area (Å²) in [5, 5.41) is 7.88. The minimum atomic E-state index is -0.429. The van der Waals surface area contributed by atoms with E-state index in [9.17, 15) is 9.59 Å². The van der Waals surface area contributed by atoms with Crippen LogP contribution in [0.2, 0.25) is 0 Å². The maximum absolute atomic E-state index is 12.7. The first-order valence-corrected chi connectivity index (χ1v) is 11.6. The van der Waals surface area contributed by atoms with Crippen LogP contribution >= 0.6 is 0 Å². The number of ether oxygens (including phenoxy) is 1. The average molecular weight is 440 g/mol. The van der Waals surface area contributed by atoms with Crippen molar-refractivity contribution in [2.24, 2.45) is 0 Å². The van der Waals surface area contributed by atoms with Gasteiger partial charge in [0.15, 0.2) is 0 Å². The molecule has 1 atom stereocenters. The fourth-order valence-electron chi connectivity index (χ4n) is 4.70. The summed E-state index contributed by atoms with van der Waals surface area (Å²) in [4.78, 5) is 28.7. The van der Waals surface area contributed by atoms with Crippen molar-refractivity contribution >= 4 is 17.6 Å². The van der Waals surface area contributed by atoms with Gasteiger partial charge in [-0.3, -0.25) is 9.48 Å². The number of aromatic nitrogens is 2. The van der Waals surface area contributed by atoms with Gasteiger partial charge in [0.2, 0.25) is 5.91 Å². The standard InChI is InChI=1S/C24H33N5O3/c1-32-24(31)22-4-2-14-29(22)23(30)18-19-5-7-21(8-6-19)27-15-9-20(10-16-27)25-12-17-28-13-3-11-26-28/h3,5-8,11,13,20,22,25H,2,4,9-10,12,14-18H2,1H3/t22-/m0/s1. The van der Waals surface area contributed by atoms with Crippen molar-refractivity contribution in [1.82, 2.24) is 20.0 Å². The number of carbonyl (C=O) groups is 2. The van der Waals surface area contributed by atoms with E-state index in [1.807, 2.05) is 35.3 Å². The van der Waals surface area contributed by atoms with E-state index in [1.54, 1.807) is 4.90 Å². The molecule has 4 rings (SSSR count). The molecular formula is C24H33N5O3. The fraction of sp³-hybridized carbons (Fsp3) is 0.542.